The molecule has 0 aliphatic heterocycles. The van der Waals surface area contributed by atoms with Crippen molar-refractivity contribution >= 4 is 38.9 Å². The molecule has 2 aromatic heterocycles. The number of rotatable bonds is 6. The Hall–Kier alpha value is -4.32. The normalized spacial score (nSPS) is 11.2. The molecule has 0 aliphatic carbocycles. The summed E-state index contributed by atoms with van der Waals surface area (Å²) in [5.41, 5.74) is 1.57. The van der Waals surface area contributed by atoms with Crippen LogP contribution in [0.25, 0.3) is 5.52 Å². The van der Waals surface area contributed by atoms with E-state index in [4.69, 9.17) is 4.74 Å². The fourth-order valence-electron chi connectivity index (χ4n) is 3.10. The number of aromatic hydroxyl groups is 1. The van der Waals surface area contributed by atoms with Crippen LogP contribution in [0.2, 0.25) is 0 Å². The maximum atomic E-state index is 12.5. The van der Waals surface area contributed by atoms with Crippen LogP contribution in [0.4, 0.5) is 22.0 Å². The number of carbonyl (C=O) groups is 1. The fraction of sp³-hybridized carbons (Fsp3) is 0.0952. The third kappa shape index (κ3) is 4.50. The predicted molar refractivity (Wildman–Crippen MR) is 119 cm³/mol. The average Bonchev–Trinajstić information content (AvgIpc) is 3.12. The average molecular weight is 469 g/mol. The van der Waals surface area contributed by atoms with Gasteiger partial charge in [0.2, 0.25) is 0 Å². The molecule has 0 aliphatic rings. The number of nitrogens with zero attached hydrogens (tertiary/aromatic N) is 3. The van der Waals surface area contributed by atoms with E-state index in [1.807, 2.05) is 0 Å². The first kappa shape index (κ1) is 21.9. The summed E-state index contributed by atoms with van der Waals surface area (Å²) in [7, 11) is -2.65. The zero-order chi connectivity index (χ0) is 23.6. The predicted octanol–water partition coefficient (Wildman–Crippen LogP) is 3.43. The highest BCUT2D eigenvalue weighted by Crippen LogP contribution is 2.33. The molecule has 4 aromatic rings. The third-order valence-electron chi connectivity index (χ3n) is 4.70. The number of methoxy groups -OCH3 is 1. The minimum atomic E-state index is -3.86. The second kappa shape index (κ2) is 8.67. The van der Waals surface area contributed by atoms with Gasteiger partial charge >= 0.3 is 6.16 Å². The van der Waals surface area contributed by atoms with Gasteiger partial charge in [-0.2, -0.15) is 5.10 Å². The van der Waals surface area contributed by atoms with Gasteiger partial charge in [-0.3, -0.25) is 4.72 Å². The Labute approximate surface area is 188 Å². The molecule has 0 saturated carbocycles. The molecule has 0 fully saturated rings. The molecule has 12 heteroatoms. The van der Waals surface area contributed by atoms with E-state index < -0.39 is 16.2 Å². The highest BCUT2D eigenvalue weighted by atomic mass is 32.2. The number of phenolic OH excluding ortho intramolecular Hbond substituents is 1. The zero-order valence-corrected chi connectivity index (χ0v) is 18.3. The Balaban J connectivity index is 1.60. The van der Waals surface area contributed by atoms with Gasteiger partial charge in [0.1, 0.15) is 17.6 Å². The molecule has 3 N–H and O–H groups in total. The summed E-state index contributed by atoms with van der Waals surface area (Å²) < 4.78 is 38.5. The second-order valence-corrected chi connectivity index (χ2v) is 8.53. The van der Waals surface area contributed by atoms with Gasteiger partial charge in [0, 0.05) is 17.3 Å². The number of anilines is 3. The van der Waals surface area contributed by atoms with E-state index in [1.165, 1.54) is 48.4 Å². The number of fused-ring (bicyclic) bond motifs is 1. The Kier molecular flexibility index (Phi) is 5.75. The summed E-state index contributed by atoms with van der Waals surface area (Å²) >= 11 is 0. The zero-order valence-electron chi connectivity index (χ0n) is 17.5. The minimum Gasteiger partial charge on any atom is -0.506 e. The van der Waals surface area contributed by atoms with Crippen LogP contribution in [0.3, 0.4) is 0 Å². The van der Waals surface area contributed by atoms with Gasteiger partial charge < -0.3 is 19.9 Å². The van der Waals surface area contributed by atoms with Crippen LogP contribution < -0.4 is 14.8 Å². The van der Waals surface area contributed by atoms with Crippen LogP contribution in [0.1, 0.15) is 5.56 Å². The first-order valence-electron chi connectivity index (χ1n) is 9.55. The van der Waals surface area contributed by atoms with E-state index in [-0.39, 0.29) is 22.1 Å². The van der Waals surface area contributed by atoms with Crippen LogP contribution in [-0.2, 0) is 14.8 Å². The van der Waals surface area contributed by atoms with Gasteiger partial charge in [0.15, 0.2) is 11.6 Å². The highest BCUT2D eigenvalue weighted by molar-refractivity contribution is 7.92. The molecule has 0 atom stereocenters. The lowest BCUT2D eigenvalue weighted by molar-refractivity contribution is 0.121. The van der Waals surface area contributed by atoms with E-state index in [2.05, 4.69) is 24.9 Å². The molecule has 0 spiro atoms. The first-order chi connectivity index (χ1) is 15.8. The summed E-state index contributed by atoms with van der Waals surface area (Å²) in [5, 5.41) is 17.6. The molecule has 170 valence electrons. The van der Waals surface area contributed by atoms with Gasteiger partial charge in [-0.25, -0.2) is 22.7 Å². The van der Waals surface area contributed by atoms with Gasteiger partial charge in [0.05, 0.1) is 23.9 Å². The molecule has 0 amide bonds. The molecule has 0 saturated heterocycles. The third-order valence-corrected chi connectivity index (χ3v) is 6.08. The van der Waals surface area contributed by atoms with Crippen molar-refractivity contribution in [1.82, 2.24) is 14.6 Å². The molecule has 4 rings (SSSR count). The van der Waals surface area contributed by atoms with E-state index in [0.717, 1.165) is 0 Å². The van der Waals surface area contributed by atoms with Crippen molar-refractivity contribution in [2.45, 2.75) is 11.8 Å². The van der Waals surface area contributed by atoms with Gasteiger partial charge in [-0.15, -0.1) is 0 Å². The topological polar surface area (TPSA) is 144 Å². The second-order valence-electron chi connectivity index (χ2n) is 6.85. The maximum absolute atomic E-state index is 12.5. The number of sulfonamides is 1. The summed E-state index contributed by atoms with van der Waals surface area (Å²) in [6, 6.07) is 12.2. The Bertz CT molecular complexity index is 1440. The van der Waals surface area contributed by atoms with Crippen LogP contribution in [0.5, 0.6) is 11.5 Å². The summed E-state index contributed by atoms with van der Waals surface area (Å²) in [6.45, 7) is 1.72. The van der Waals surface area contributed by atoms with Crippen LogP contribution in [0, 0.1) is 6.92 Å². The van der Waals surface area contributed by atoms with E-state index >= 15 is 0 Å². The molecule has 0 unspecified atom stereocenters. The highest BCUT2D eigenvalue weighted by Gasteiger charge is 2.18. The Morgan fingerprint density at radius 1 is 1.15 bits per heavy atom. The molecular weight excluding hydrogens is 450 g/mol. The van der Waals surface area contributed by atoms with Crippen molar-refractivity contribution < 1.29 is 27.8 Å². The molecule has 2 heterocycles. The number of carbonyl (C=O) groups excluding carboxylic acids is 1. The summed E-state index contributed by atoms with van der Waals surface area (Å²) in [5.74, 6) is 0.338. The van der Waals surface area contributed by atoms with Crippen LogP contribution in [-0.4, -0.2) is 41.4 Å². The number of benzene rings is 2. The van der Waals surface area contributed by atoms with Crippen molar-refractivity contribution in [2.75, 3.05) is 17.1 Å². The molecule has 0 bridgehead atoms. The standard InChI is InChI=1S/C21H19N5O6S/c1-13-18(32-21(28)31-2)11-26-19(13)20(22-12-23-26)24-14-8-9-16(17(27)10-14)25-33(29,30)15-6-4-3-5-7-15/h3-12,25,27H,1-2H3,(H,22,23,24). The lowest BCUT2D eigenvalue weighted by Crippen LogP contribution is -2.12. The van der Waals surface area contributed by atoms with Crippen molar-refractivity contribution in [3.63, 3.8) is 0 Å². The first-order valence-corrected chi connectivity index (χ1v) is 11.0. The van der Waals surface area contributed by atoms with Crippen molar-refractivity contribution in [3.8, 4) is 11.5 Å². The number of ether oxygens (including phenoxy) is 2. The largest absolute Gasteiger partial charge is 0.513 e. The number of hydrogen-bond donors (Lipinski definition) is 3. The Morgan fingerprint density at radius 3 is 2.61 bits per heavy atom. The van der Waals surface area contributed by atoms with E-state index in [9.17, 15) is 18.3 Å². The quantitative estimate of drug-likeness (QED) is 0.286. The van der Waals surface area contributed by atoms with Crippen LogP contribution >= 0.6 is 0 Å². The van der Waals surface area contributed by atoms with Crippen molar-refractivity contribution in [3.05, 3.63) is 66.6 Å². The molecule has 33 heavy (non-hydrogen) atoms. The molecule has 0 radical (unpaired) electrons. The van der Waals surface area contributed by atoms with E-state index in [1.54, 1.807) is 31.2 Å². The van der Waals surface area contributed by atoms with Crippen molar-refractivity contribution in [1.29, 1.82) is 0 Å². The van der Waals surface area contributed by atoms with Gasteiger partial charge in [-0.05, 0) is 31.2 Å². The lowest BCUT2D eigenvalue weighted by Gasteiger charge is -2.12. The number of aromatic nitrogens is 3. The molecular formula is C21H19N5O6S. The number of aryl methyl sites for hydroxylation is 1. The smallest absolute Gasteiger partial charge is 0.506 e. The summed E-state index contributed by atoms with van der Waals surface area (Å²) in [6.07, 6.45) is 1.95. The van der Waals surface area contributed by atoms with E-state index in [0.29, 0.717) is 22.6 Å². The SMILES string of the molecule is COC(=O)Oc1cn2ncnc(Nc3ccc(NS(=O)(=O)c4ccccc4)c(O)c3)c2c1C. The summed E-state index contributed by atoms with van der Waals surface area (Å²) in [4.78, 5) is 15.8. The molecule has 11 nitrogen and oxygen atoms in total. The van der Waals surface area contributed by atoms with Crippen LogP contribution in [0.15, 0.2) is 66.0 Å². The number of phenols is 1. The number of nitrogens with one attached hydrogen (secondary N) is 2. The van der Waals surface area contributed by atoms with Gasteiger partial charge in [-0.1, -0.05) is 18.2 Å². The fourth-order valence-corrected chi connectivity index (χ4v) is 4.20. The number of hydrogen-bond acceptors (Lipinski definition) is 9. The lowest BCUT2D eigenvalue weighted by atomic mass is 10.2. The maximum Gasteiger partial charge on any atom is 0.513 e. The van der Waals surface area contributed by atoms with Crippen molar-refractivity contribution in [2.24, 2.45) is 0 Å². The molecule has 2 aromatic carbocycles. The minimum absolute atomic E-state index is 0.0184. The monoisotopic (exact) mass is 469 g/mol. The Morgan fingerprint density at radius 2 is 1.91 bits per heavy atom. The van der Waals surface area contributed by atoms with Gasteiger partial charge in [0.25, 0.3) is 10.0 Å².